The van der Waals surface area contributed by atoms with Gasteiger partial charge < -0.3 is 18.9 Å². The van der Waals surface area contributed by atoms with Crippen molar-refractivity contribution < 1.29 is 18.9 Å². The summed E-state index contributed by atoms with van der Waals surface area (Å²) in [4.78, 5) is 0. The fraction of sp³-hybridized carbons (Fsp3) is 0.286. The summed E-state index contributed by atoms with van der Waals surface area (Å²) in [5.74, 6) is 2.55. The maximum absolute atomic E-state index is 9.62. The van der Waals surface area contributed by atoms with Gasteiger partial charge in [-0.15, -0.1) is 0 Å². The first kappa shape index (κ1) is 19.2. The molecule has 0 saturated carbocycles. The molecule has 26 heavy (non-hydrogen) atoms. The number of hydrogen-bond acceptors (Lipinski definition) is 5. The number of methoxy groups -OCH3 is 2. The second-order valence-electron chi connectivity index (χ2n) is 5.31. The predicted molar refractivity (Wildman–Crippen MR) is 102 cm³/mol. The van der Waals surface area contributed by atoms with Crippen LogP contribution >= 0.6 is 0 Å². The summed E-state index contributed by atoms with van der Waals surface area (Å²) in [5, 5.41) is 9.62. The summed E-state index contributed by atoms with van der Waals surface area (Å²) in [6.45, 7) is 4.89. The highest BCUT2D eigenvalue weighted by Gasteiger charge is 2.10. The Labute approximate surface area is 154 Å². The van der Waals surface area contributed by atoms with E-state index in [4.69, 9.17) is 18.9 Å². The summed E-state index contributed by atoms with van der Waals surface area (Å²) in [5.41, 5.74) is 2.11. The maximum Gasteiger partial charge on any atom is 0.161 e. The van der Waals surface area contributed by atoms with Crippen molar-refractivity contribution in [1.82, 2.24) is 0 Å². The van der Waals surface area contributed by atoms with Crippen LogP contribution in [0.3, 0.4) is 0 Å². The predicted octanol–water partition coefficient (Wildman–Crippen LogP) is 4.57. The fourth-order valence-corrected chi connectivity index (χ4v) is 2.51. The third-order valence-corrected chi connectivity index (χ3v) is 3.69. The monoisotopic (exact) mass is 353 g/mol. The van der Waals surface area contributed by atoms with Gasteiger partial charge in [0, 0.05) is 0 Å². The van der Waals surface area contributed by atoms with Crippen LogP contribution in [0.5, 0.6) is 23.0 Å². The SMILES string of the molecule is CCOc1ccc(C(C#N)=Cc2ccc(OC)c(OC)c2)cc1OCC. The maximum atomic E-state index is 9.62. The number of allylic oxidation sites excluding steroid dienone is 1. The normalized spacial score (nSPS) is 10.8. The number of hydrogen-bond donors (Lipinski definition) is 0. The Morgan fingerprint density at radius 3 is 2.15 bits per heavy atom. The Morgan fingerprint density at radius 2 is 1.54 bits per heavy atom. The minimum atomic E-state index is 0.515. The number of nitrogens with zero attached hydrogens (tertiary/aromatic N) is 1. The molecule has 0 saturated heterocycles. The molecule has 0 bridgehead atoms. The Kier molecular flexibility index (Phi) is 6.92. The highest BCUT2D eigenvalue weighted by molar-refractivity contribution is 5.90. The lowest BCUT2D eigenvalue weighted by Gasteiger charge is -2.12. The van der Waals surface area contributed by atoms with Crippen LogP contribution in [0.15, 0.2) is 36.4 Å². The van der Waals surface area contributed by atoms with E-state index in [1.54, 1.807) is 20.3 Å². The molecule has 0 atom stereocenters. The molecule has 0 spiro atoms. The number of ether oxygens (including phenoxy) is 4. The van der Waals surface area contributed by atoms with Crippen LogP contribution in [0, 0.1) is 11.3 Å². The van der Waals surface area contributed by atoms with Crippen LogP contribution in [-0.4, -0.2) is 27.4 Å². The molecule has 0 radical (unpaired) electrons. The lowest BCUT2D eigenvalue weighted by atomic mass is 10.0. The molecule has 0 fully saturated rings. The molecular weight excluding hydrogens is 330 g/mol. The summed E-state index contributed by atoms with van der Waals surface area (Å²) in [6.07, 6.45) is 1.80. The van der Waals surface area contributed by atoms with E-state index < -0.39 is 0 Å². The van der Waals surface area contributed by atoms with Crippen molar-refractivity contribution in [2.45, 2.75) is 13.8 Å². The summed E-state index contributed by atoms with van der Waals surface area (Å²) in [7, 11) is 3.17. The minimum absolute atomic E-state index is 0.515. The van der Waals surface area contributed by atoms with Crippen molar-refractivity contribution in [2.75, 3.05) is 27.4 Å². The topological polar surface area (TPSA) is 60.7 Å². The summed E-state index contributed by atoms with van der Waals surface area (Å²) >= 11 is 0. The van der Waals surface area contributed by atoms with Gasteiger partial charge in [-0.2, -0.15) is 5.26 Å². The zero-order chi connectivity index (χ0) is 18.9. The highest BCUT2D eigenvalue weighted by Crippen LogP contribution is 2.33. The Bertz CT molecular complexity index is 821. The van der Waals surface area contributed by atoms with E-state index >= 15 is 0 Å². The van der Waals surface area contributed by atoms with Crippen LogP contribution in [0.25, 0.3) is 11.6 Å². The van der Waals surface area contributed by atoms with E-state index in [1.807, 2.05) is 50.2 Å². The van der Waals surface area contributed by atoms with Crippen LogP contribution in [0.4, 0.5) is 0 Å². The second-order valence-corrected chi connectivity index (χ2v) is 5.31. The van der Waals surface area contributed by atoms with Crippen LogP contribution in [-0.2, 0) is 0 Å². The largest absolute Gasteiger partial charge is 0.493 e. The first-order chi connectivity index (χ1) is 12.7. The molecule has 5 nitrogen and oxygen atoms in total. The second kappa shape index (κ2) is 9.38. The number of rotatable bonds is 8. The van der Waals surface area contributed by atoms with Crippen molar-refractivity contribution in [3.8, 4) is 29.1 Å². The lowest BCUT2D eigenvalue weighted by Crippen LogP contribution is -1.99. The Balaban J connectivity index is 2.43. The van der Waals surface area contributed by atoms with E-state index in [-0.39, 0.29) is 0 Å². The van der Waals surface area contributed by atoms with Crippen LogP contribution in [0.1, 0.15) is 25.0 Å². The van der Waals surface area contributed by atoms with Crippen LogP contribution < -0.4 is 18.9 Å². The van der Waals surface area contributed by atoms with Gasteiger partial charge in [0.15, 0.2) is 23.0 Å². The smallest absolute Gasteiger partial charge is 0.161 e. The van der Waals surface area contributed by atoms with Crippen molar-refractivity contribution in [3.63, 3.8) is 0 Å². The van der Waals surface area contributed by atoms with E-state index in [2.05, 4.69) is 6.07 Å². The van der Waals surface area contributed by atoms with Gasteiger partial charge in [0.1, 0.15) is 0 Å². The van der Waals surface area contributed by atoms with E-state index in [9.17, 15) is 5.26 Å². The molecule has 5 heteroatoms. The van der Waals surface area contributed by atoms with Gasteiger partial charge in [0.05, 0.1) is 39.1 Å². The van der Waals surface area contributed by atoms with Crippen LogP contribution in [0.2, 0.25) is 0 Å². The molecule has 0 aromatic heterocycles. The third-order valence-electron chi connectivity index (χ3n) is 3.69. The van der Waals surface area contributed by atoms with Gasteiger partial charge in [-0.3, -0.25) is 0 Å². The molecule has 0 N–H and O–H groups in total. The first-order valence-corrected chi connectivity index (χ1v) is 8.40. The summed E-state index contributed by atoms with van der Waals surface area (Å²) < 4.78 is 21.8. The van der Waals surface area contributed by atoms with E-state index in [0.717, 1.165) is 11.1 Å². The van der Waals surface area contributed by atoms with Gasteiger partial charge >= 0.3 is 0 Å². The Hall–Kier alpha value is -3.13. The van der Waals surface area contributed by atoms with Gasteiger partial charge in [-0.25, -0.2) is 0 Å². The molecule has 0 amide bonds. The fourth-order valence-electron chi connectivity index (χ4n) is 2.51. The third kappa shape index (κ3) is 4.48. The van der Waals surface area contributed by atoms with Crippen molar-refractivity contribution in [2.24, 2.45) is 0 Å². The molecule has 2 aromatic rings. The average Bonchev–Trinajstić information content (AvgIpc) is 2.67. The standard InChI is InChI=1S/C21H23NO4/c1-5-25-19-10-8-16(13-21(19)26-6-2)17(14-22)11-15-7-9-18(23-3)20(12-15)24-4/h7-13H,5-6H2,1-4H3. The zero-order valence-electron chi connectivity index (χ0n) is 15.5. The van der Waals surface area contributed by atoms with E-state index in [1.165, 1.54) is 0 Å². The minimum Gasteiger partial charge on any atom is -0.493 e. The van der Waals surface area contributed by atoms with Crippen molar-refractivity contribution in [3.05, 3.63) is 47.5 Å². The molecular formula is C21H23NO4. The van der Waals surface area contributed by atoms with Gasteiger partial charge in [0.25, 0.3) is 0 Å². The zero-order valence-corrected chi connectivity index (χ0v) is 15.5. The van der Waals surface area contributed by atoms with Gasteiger partial charge in [-0.05, 0) is 61.4 Å². The lowest BCUT2D eigenvalue weighted by molar-refractivity contribution is 0.287. The van der Waals surface area contributed by atoms with Crippen molar-refractivity contribution >= 4 is 11.6 Å². The molecule has 0 heterocycles. The molecule has 0 aliphatic rings. The molecule has 0 aliphatic carbocycles. The van der Waals surface area contributed by atoms with Crippen molar-refractivity contribution in [1.29, 1.82) is 5.26 Å². The molecule has 136 valence electrons. The molecule has 2 rings (SSSR count). The van der Waals surface area contributed by atoms with E-state index in [0.29, 0.717) is 41.8 Å². The molecule has 0 aliphatic heterocycles. The summed E-state index contributed by atoms with van der Waals surface area (Å²) in [6, 6.07) is 13.3. The quantitative estimate of drug-likeness (QED) is 0.514. The number of benzene rings is 2. The highest BCUT2D eigenvalue weighted by atomic mass is 16.5. The first-order valence-electron chi connectivity index (χ1n) is 8.40. The van der Waals surface area contributed by atoms with Gasteiger partial charge in [-0.1, -0.05) is 6.07 Å². The van der Waals surface area contributed by atoms with Gasteiger partial charge in [0.2, 0.25) is 0 Å². The molecule has 2 aromatic carbocycles. The Morgan fingerprint density at radius 1 is 0.885 bits per heavy atom. The number of nitriles is 1. The average molecular weight is 353 g/mol. The molecule has 0 unspecified atom stereocenters.